The van der Waals surface area contributed by atoms with E-state index in [1.807, 2.05) is 46.9 Å². The van der Waals surface area contributed by atoms with Crippen molar-refractivity contribution in [3.63, 3.8) is 0 Å². The number of nitrogens with zero attached hydrogens (tertiary/aromatic N) is 1. The Morgan fingerprint density at radius 1 is 0.944 bits per heavy atom. The monoisotopic (exact) mass is 272 g/mol. The zero-order chi connectivity index (χ0) is 13.8. The van der Waals surface area contributed by atoms with Crippen molar-refractivity contribution in [1.82, 2.24) is 4.98 Å². The molecule has 0 spiro atoms. The Bertz CT molecular complexity index is 315. The predicted octanol–water partition coefficient (Wildman–Crippen LogP) is 2.56. The molecule has 1 aromatic rings. The van der Waals surface area contributed by atoms with Crippen molar-refractivity contribution in [2.24, 2.45) is 0 Å². The lowest BCUT2D eigenvalue weighted by Crippen LogP contribution is -2.60. The molecule has 0 aliphatic heterocycles. The first-order valence-corrected chi connectivity index (χ1v) is 7.35. The van der Waals surface area contributed by atoms with Crippen LogP contribution in [-0.2, 0) is 14.0 Å². The molecule has 0 atom stereocenters. The van der Waals surface area contributed by atoms with E-state index >= 15 is 0 Å². The molecule has 0 bridgehead atoms. The van der Waals surface area contributed by atoms with Gasteiger partial charge in [0.15, 0.2) is 0 Å². The lowest BCUT2D eigenvalue weighted by Gasteiger charge is -2.45. The number of hydrogen-bond donors (Lipinski definition) is 0. The maximum absolute atomic E-state index is 5.97. The van der Waals surface area contributed by atoms with Crippen LogP contribution in [-0.4, -0.2) is 30.1 Å². The maximum atomic E-state index is 5.97. The van der Waals surface area contributed by atoms with Crippen LogP contribution in [0, 0.1) is 0 Å². The molecule has 0 aromatic carbocycles. The molecule has 0 saturated carbocycles. The van der Waals surface area contributed by atoms with Gasteiger partial charge in [0, 0.05) is 18.3 Å². The molecule has 0 fully saturated rings. The molecular weight excluding hydrogens is 249 g/mol. The van der Waals surface area contributed by atoms with Crippen molar-refractivity contribution in [3.8, 4) is 0 Å². The Morgan fingerprint density at radius 2 is 1.39 bits per heavy atom. The molecule has 0 saturated heterocycles. The average Bonchev–Trinajstić information content (AvgIpc) is 2.65. The summed E-state index contributed by atoms with van der Waals surface area (Å²) in [5.74, 6) is 0. The lowest BCUT2D eigenvalue weighted by molar-refractivity contribution is 0.0147. The fourth-order valence-corrected chi connectivity index (χ4v) is 2.39. The molecular formula is C12H23BNO3S-. The molecule has 0 aliphatic carbocycles. The number of rotatable bonds is 7. The standard InChI is InChI=1S/C12H23BNO3S/c1-9(2)15-13(16-10(3)4,17-11(5)6)12-7-18-8-14-12/h7-11H,1-6H3/q-1. The van der Waals surface area contributed by atoms with Gasteiger partial charge in [-0.3, -0.25) is 4.98 Å². The minimum Gasteiger partial charge on any atom is -0.538 e. The van der Waals surface area contributed by atoms with Crippen LogP contribution in [0.5, 0.6) is 0 Å². The Labute approximate surface area is 114 Å². The van der Waals surface area contributed by atoms with Crippen LogP contribution in [0.4, 0.5) is 0 Å². The van der Waals surface area contributed by atoms with Crippen LogP contribution >= 0.6 is 11.3 Å². The topological polar surface area (TPSA) is 40.6 Å². The minimum atomic E-state index is -1.98. The highest BCUT2D eigenvalue weighted by molar-refractivity contribution is 7.09. The van der Waals surface area contributed by atoms with E-state index in [0.717, 1.165) is 5.59 Å². The predicted molar refractivity (Wildman–Crippen MR) is 76.2 cm³/mol. The van der Waals surface area contributed by atoms with Gasteiger partial charge in [-0.2, -0.15) is 0 Å². The first-order chi connectivity index (χ1) is 8.35. The summed E-state index contributed by atoms with van der Waals surface area (Å²) >= 11 is 1.51. The van der Waals surface area contributed by atoms with Crippen molar-refractivity contribution in [3.05, 3.63) is 10.9 Å². The van der Waals surface area contributed by atoms with Gasteiger partial charge in [0.25, 0.3) is 0 Å². The van der Waals surface area contributed by atoms with E-state index in [2.05, 4.69) is 4.98 Å². The second kappa shape index (κ2) is 6.66. The summed E-state index contributed by atoms with van der Waals surface area (Å²) in [5, 5.41) is 1.92. The highest BCUT2D eigenvalue weighted by Crippen LogP contribution is 2.17. The molecule has 0 aliphatic rings. The Morgan fingerprint density at radius 3 is 1.67 bits per heavy atom. The van der Waals surface area contributed by atoms with Crippen LogP contribution in [0.15, 0.2) is 10.9 Å². The Kier molecular flexibility index (Phi) is 5.78. The summed E-state index contributed by atoms with van der Waals surface area (Å²) in [6, 6.07) is 0. The van der Waals surface area contributed by atoms with Crippen molar-refractivity contribution >= 4 is 23.7 Å². The van der Waals surface area contributed by atoms with E-state index in [1.165, 1.54) is 11.3 Å². The molecule has 1 aromatic heterocycles. The summed E-state index contributed by atoms with van der Waals surface area (Å²) in [6.07, 6.45) is 0.0117. The molecule has 104 valence electrons. The normalized spacial score (nSPS) is 12.9. The SMILES string of the molecule is CC(C)O[B-](OC(C)C)(OC(C)C)c1cscn1. The van der Waals surface area contributed by atoms with Gasteiger partial charge in [0.05, 0.1) is 5.51 Å². The number of aromatic nitrogens is 1. The zero-order valence-corrected chi connectivity index (χ0v) is 12.9. The number of thiazole rings is 1. The van der Waals surface area contributed by atoms with Crippen LogP contribution in [0.1, 0.15) is 41.5 Å². The molecule has 0 radical (unpaired) electrons. The van der Waals surface area contributed by atoms with E-state index < -0.39 is 6.75 Å². The first kappa shape index (κ1) is 15.6. The van der Waals surface area contributed by atoms with Crippen molar-refractivity contribution in [2.45, 2.75) is 59.9 Å². The highest BCUT2D eigenvalue weighted by Gasteiger charge is 2.36. The van der Waals surface area contributed by atoms with Crippen molar-refractivity contribution in [2.75, 3.05) is 0 Å². The van der Waals surface area contributed by atoms with E-state index in [9.17, 15) is 0 Å². The molecule has 1 rings (SSSR count). The summed E-state index contributed by atoms with van der Waals surface area (Å²) in [4.78, 5) is 4.32. The smallest absolute Gasteiger partial charge is 0.428 e. The number of hydrogen-bond acceptors (Lipinski definition) is 5. The third kappa shape index (κ3) is 4.35. The van der Waals surface area contributed by atoms with Crippen molar-refractivity contribution in [1.29, 1.82) is 0 Å². The third-order valence-corrected chi connectivity index (χ3v) is 2.77. The molecule has 4 nitrogen and oxygen atoms in total. The van der Waals surface area contributed by atoms with Crippen LogP contribution in [0.3, 0.4) is 0 Å². The molecule has 0 amide bonds. The molecule has 1 heterocycles. The molecule has 18 heavy (non-hydrogen) atoms. The zero-order valence-electron chi connectivity index (χ0n) is 12.0. The van der Waals surface area contributed by atoms with Crippen LogP contribution in [0.2, 0.25) is 0 Å². The van der Waals surface area contributed by atoms with E-state index in [-0.39, 0.29) is 18.3 Å². The van der Waals surface area contributed by atoms with Gasteiger partial charge < -0.3 is 14.0 Å². The van der Waals surface area contributed by atoms with Gasteiger partial charge in [-0.15, -0.1) is 11.3 Å². The third-order valence-electron chi connectivity index (χ3n) is 2.17. The summed E-state index contributed by atoms with van der Waals surface area (Å²) in [5.41, 5.74) is 2.50. The average molecular weight is 272 g/mol. The Hall–Kier alpha value is -0.425. The Balaban J connectivity index is 3.07. The lowest BCUT2D eigenvalue weighted by atomic mass is 9.73. The van der Waals surface area contributed by atoms with E-state index in [0.29, 0.717) is 0 Å². The summed E-state index contributed by atoms with van der Waals surface area (Å²) in [6.45, 7) is 9.84. The van der Waals surface area contributed by atoms with E-state index in [1.54, 1.807) is 5.51 Å². The quantitative estimate of drug-likeness (QED) is 0.715. The maximum Gasteiger partial charge on any atom is 0.428 e. The van der Waals surface area contributed by atoms with Crippen LogP contribution < -0.4 is 5.59 Å². The molecule has 0 unspecified atom stereocenters. The second-order valence-corrected chi connectivity index (χ2v) is 5.83. The highest BCUT2D eigenvalue weighted by atomic mass is 32.1. The largest absolute Gasteiger partial charge is 0.538 e. The van der Waals surface area contributed by atoms with E-state index in [4.69, 9.17) is 14.0 Å². The van der Waals surface area contributed by atoms with Gasteiger partial charge in [0.2, 0.25) is 0 Å². The minimum absolute atomic E-state index is 0.00389. The fraction of sp³-hybridized carbons (Fsp3) is 0.750. The first-order valence-electron chi connectivity index (χ1n) is 6.41. The summed E-state index contributed by atoms with van der Waals surface area (Å²) < 4.78 is 17.9. The van der Waals surface area contributed by atoms with Gasteiger partial charge in [-0.1, -0.05) is 0 Å². The fourth-order valence-electron chi connectivity index (χ4n) is 1.78. The second-order valence-electron chi connectivity index (χ2n) is 5.11. The van der Waals surface area contributed by atoms with Crippen LogP contribution in [0.25, 0.3) is 0 Å². The van der Waals surface area contributed by atoms with Gasteiger partial charge in [-0.05, 0) is 52.5 Å². The summed E-state index contributed by atoms with van der Waals surface area (Å²) in [7, 11) is 0. The molecule has 0 N–H and O–H groups in total. The molecule has 6 heteroatoms. The van der Waals surface area contributed by atoms with Gasteiger partial charge in [-0.25, -0.2) is 0 Å². The van der Waals surface area contributed by atoms with Gasteiger partial charge >= 0.3 is 6.75 Å². The van der Waals surface area contributed by atoms with Gasteiger partial charge in [0.1, 0.15) is 0 Å². The van der Waals surface area contributed by atoms with Crippen molar-refractivity contribution < 1.29 is 14.0 Å².